The van der Waals surface area contributed by atoms with Crippen LogP contribution in [-0.2, 0) is 0 Å². The predicted molar refractivity (Wildman–Crippen MR) is 82.9 cm³/mol. The highest BCUT2D eigenvalue weighted by Gasteiger charge is 2.18. The molecular weight excluding hydrogens is 286 g/mol. The largest absolute Gasteiger partial charge is 0.319 e. The molecule has 6 nitrogen and oxygen atoms in total. The lowest BCUT2D eigenvalue weighted by Gasteiger charge is -2.22. The van der Waals surface area contributed by atoms with E-state index in [0.717, 1.165) is 42.3 Å². The molecule has 0 bridgehead atoms. The SMILES string of the molecule is Cc1nc(C)c(C(=O)Nc2cnn(C3CCNCC3)c2)s1. The van der Waals surface area contributed by atoms with E-state index in [9.17, 15) is 4.79 Å². The van der Waals surface area contributed by atoms with E-state index in [1.807, 2.05) is 24.7 Å². The van der Waals surface area contributed by atoms with Crippen LogP contribution in [0.4, 0.5) is 5.69 Å². The summed E-state index contributed by atoms with van der Waals surface area (Å²) in [6.07, 6.45) is 5.77. The Kier molecular flexibility index (Phi) is 4.03. The summed E-state index contributed by atoms with van der Waals surface area (Å²) in [5.41, 5.74) is 1.52. The van der Waals surface area contributed by atoms with Gasteiger partial charge in [-0.3, -0.25) is 9.48 Å². The Balaban J connectivity index is 1.69. The third kappa shape index (κ3) is 3.14. The Labute approximate surface area is 127 Å². The Morgan fingerprint density at radius 1 is 1.43 bits per heavy atom. The van der Waals surface area contributed by atoms with Gasteiger partial charge in [0.15, 0.2) is 0 Å². The summed E-state index contributed by atoms with van der Waals surface area (Å²) in [7, 11) is 0. The maximum atomic E-state index is 12.2. The molecule has 21 heavy (non-hydrogen) atoms. The molecule has 2 aromatic heterocycles. The average Bonchev–Trinajstić information content (AvgIpc) is 3.06. The van der Waals surface area contributed by atoms with Crippen molar-refractivity contribution in [3.63, 3.8) is 0 Å². The summed E-state index contributed by atoms with van der Waals surface area (Å²) >= 11 is 1.42. The van der Waals surface area contributed by atoms with Gasteiger partial charge in [-0.1, -0.05) is 0 Å². The van der Waals surface area contributed by atoms with E-state index < -0.39 is 0 Å². The number of nitrogens with one attached hydrogen (secondary N) is 2. The first-order chi connectivity index (χ1) is 10.1. The van der Waals surface area contributed by atoms with Gasteiger partial charge < -0.3 is 10.6 Å². The van der Waals surface area contributed by atoms with E-state index in [4.69, 9.17) is 0 Å². The lowest BCUT2D eigenvalue weighted by Crippen LogP contribution is -2.29. The number of piperidine rings is 1. The van der Waals surface area contributed by atoms with Crippen molar-refractivity contribution in [2.75, 3.05) is 18.4 Å². The minimum atomic E-state index is -0.108. The molecule has 0 unspecified atom stereocenters. The minimum Gasteiger partial charge on any atom is -0.319 e. The monoisotopic (exact) mass is 305 g/mol. The number of aromatic nitrogens is 3. The number of anilines is 1. The van der Waals surface area contributed by atoms with Gasteiger partial charge in [0.1, 0.15) is 4.88 Å². The highest BCUT2D eigenvalue weighted by Crippen LogP contribution is 2.21. The zero-order valence-electron chi connectivity index (χ0n) is 12.2. The van der Waals surface area contributed by atoms with Crippen LogP contribution in [0.1, 0.15) is 39.3 Å². The van der Waals surface area contributed by atoms with Gasteiger partial charge in [0.05, 0.1) is 28.6 Å². The van der Waals surface area contributed by atoms with Gasteiger partial charge in [0, 0.05) is 6.20 Å². The van der Waals surface area contributed by atoms with Crippen molar-refractivity contribution in [3.05, 3.63) is 28.0 Å². The van der Waals surface area contributed by atoms with Crippen LogP contribution in [0.15, 0.2) is 12.4 Å². The zero-order valence-corrected chi connectivity index (χ0v) is 13.0. The van der Waals surface area contributed by atoms with Crippen molar-refractivity contribution in [1.29, 1.82) is 0 Å². The maximum absolute atomic E-state index is 12.2. The van der Waals surface area contributed by atoms with Crippen LogP contribution in [0, 0.1) is 13.8 Å². The molecular formula is C14H19N5OS. The fourth-order valence-electron chi connectivity index (χ4n) is 2.60. The molecule has 0 saturated carbocycles. The van der Waals surface area contributed by atoms with Crippen molar-refractivity contribution < 1.29 is 4.79 Å². The van der Waals surface area contributed by atoms with Gasteiger partial charge in [-0.15, -0.1) is 11.3 Å². The lowest BCUT2D eigenvalue weighted by molar-refractivity contribution is 0.103. The number of hydrogen-bond donors (Lipinski definition) is 2. The van der Waals surface area contributed by atoms with Gasteiger partial charge in [-0.05, 0) is 39.8 Å². The fourth-order valence-corrected chi connectivity index (χ4v) is 3.42. The van der Waals surface area contributed by atoms with Crippen LogP contribution in [0.2, 0.25) is 0 Å². The van der Waals surface area contributed by atoms with Crippen molar-refractivity contribution in [2.45, 2.75) is 32.7 Å². The first-order valence-corrected chi connectivity index (χ1v) is 7.95. The van der Waals surface area contributed by atoms with Gasteiger partial charge in [-0.25, -0.2) is 4.98 Å². The highest BCUT2D eigenvalue weighted by molar-refractivity contribution is 7.13. The van der Waals surface area contributed by atoms with E-state index in [1.165, 1.54) is 11.3 Å². The van der Waals surface area contributed by atoms with Gasteiger partial charge in [0.25, 0.3) is 5.91 Å². The van der Waals surface area contributed by atoms with Crippen LogP contribution < -0.4 is 10.6 Å². The van der Waals surface area contributed by atoms with Crippen molar-refractivity contribution >= 4 is 22.9 Å². The van der Waals surface area contributed by atoms with Gasteiger partial charge in [0.2, 0.25) is 0 Å². The first-order valence-electron chi connectivity index (χ1n) is 7.14. The molecule has 112 valence electrons. The Morgan fingerprint density at radius 2 is 2.19 bits per heavy atom. The number of carbonyl (C=O) groups excluding carboxylic acids is 1. The predicted octanol–water partition coefficient (Wildman–Crippen LogP) is 2.13. The van der Waals surface area contributed by atoms with E-state index in [2.05, 4.69) is 20.7 Å². The highest BCUT2D eigenvalue weighted by atomic mass is 32.1. The molecule has 0 aliphatic carbocycles. The average molecular weight is 305 g/mol. The van der Waals surface area contributed by atoms with Gasteiger partial charge in [-0.2, -0.15) is 5.10 Å². The second kappa shape index (κ2) is 5.95. The molecule has 2 aromatic rings. The number of hydrogen-bond acceptors (Lipinski definition) is 5. The topological polar surface area (TPSA) is 71.8 Å². The quantitative estimate of drug-likeness (QED) is 0.911. The number of aryl methyl sites for hydroxylation is 2. The molecule has 2 N–H and O–H groups in total. The Hall–Kier alpha value is -1.73. The number of thiazole rings is 1. The zero-order chi connectivity index (χ0) is 14.8. The van der Waals surface area contributed by atoms with Crippen LogP contribution in [0.5, 0.6) is 0 Å². The summed E-state index contributed by atoms with van der Waals surface area (Å²) in [4.78, 5) is 17.2. The second-order valence-electron chi connectivity index (χ2n) is 5.29. The van der Waals surface area contributed by atoms with Crippen LogP contribution in [0.25, 0.3) is 0 Å². The van der Waals surface area contributed by atoms with Crippen molar-refractivity contribution in [2.24, 2.45) is 0 Å². The third-order valence-electron chi connectivity index (χ3n) is 3.65. The first kappa shape index (κ1) is 14.2. The van der Waals surface area contributed by atoms with Crippen LogP contribution >= 0.6 is 11.3 Å². The Bertz CT molecular complexity index is 642. The van der Waals surface area contributed by atoms with Crippen molar-refractivity contribution in [1.82, 2.24) is 20.1 Å². The number of amides is 1. The number of carbonyl (C=O) groups is 1. The van der Waals surface area contributed by atoms with Crippen molar-refractivity contribution in [3.8, 4) is 0 Å². The minimum absolute atomic E-state index is 0.108. The van der Waals surface area contributed by atoms with E-state index in [-0.39, 0.29) is 5.91 Å². The van der Waals surface area contributed by atoms with E-state index in [1.54, 1.807) is 6.20 Å². The molecule has 0 spiro atoms. The summed E-state index contributed by atoms with van der Waals surface area (Å²) in [5, 5.41) is 11.5. The molecule has 0 radical (unpaired) electrons. The molecule has 1 aliphatic heterocycles. The molecule has 3 rings (SSSR count). The van der Waals surface area contributed by atoms with Crippen LogP contribution in [0.3, 0.4) is 0 Å². The Morgan fingerprint density at radius 3 is 2.86 bits per heavy atom. The second-order valence-corrected chi connectivity index (χ2v) is 6.49. The summed E-state index contributed by atoms with van der Waals surface area (Å²) in [6, 6.07) is 0.421. The van der Waals surface area contributed by atoms with E-state index >= 15 is 0 Å². The van der Waals surface area contributed by atoms with Gasteiger partial charge >= 0.3 is 0 Å². The molecule has 1 aliphatic rings. The molecule has 7 heteroatoms. The molecule has 1 amide bonds. The third-order valence-corrected chi connectivity index (χ3v) is 4.72. The standard InChI is InChI=1S/C14H19N5OS/c1-9-13(21-10(2)17-9)14(20)18-11-7-16-19(8-11)12-3-5-15-6-4-12/h7-8,12,15H,3-6H2,1-2H3,(H,18,20). The summed E-state index contributed by atoms with van der Waals surface area (Å²) in [5.74, 6) is -0.108. The smallest absolute Gasteiger partial charge is 0.267 e. The fraction of sp³-hybridized carbons (Fsp3) is 0.500. The lowest BCUT2D eigenvalue weighted by atomic mass is 10.1. The normalized spacial score (nSPS) is 16.1. The molecule has 1 saturated heterocycles. The molecule has 1 fully saturated rings. The molecule has 0 aromatic carbocycles. The summed E-state index contributed by atoms with van der Waals surface area (Å²) < 4.78 is 1.96. The summed E-state index contributed by atoms with van der Waals surface area (Å²) in [6.45, 7) is 5.80. The molecule has 3 heterocycles. The maximum Gasteiger partial charge on any atom is 0.267 e. The van der Waals surface area contributed by atoms with Crippen LogP contribution in [-0.4, -0.2) is 33.8 Å². The van der Waals surface area contributed by atoms with E-state index in [0.29, 0.717) is 10.9 Å². The number of nitrogens with zero attached hydrogens (tertiary/aromatic N) is 3. The number of rotatable bonds is 3. The molecule has 0 atom stereocenters.